The van der Waals surface area contributed by atoms with Gasteiger partial charge in [-0.1, -0.05) is 6.07 Å². The van der Waals surface area contributed by atoms with E-state index < -0.39 is 0 Å². The number of hydrogen-bond acceptors (Lipinski definition) is 3. The molecule has 0 radical (unpaired) electrons. The molecule has 0 aliphatic rings. The molecule has 0 unspecified atom stereocenters. The molecule has 0 spiro atoms. The van der Waals surface area contributed by atoms with E-state index in [2.05, 4.69) is 21.2 Å². The zero-order valence-electron chi connectivity index (χ0n) is 9.30. The maximum absolute atomic E-state index is 13.0. The highest BCUT2D eigenvalue weighted by Crippen LogP contribution is 2.16. The third kappa shape index (κ3) is 4.17. The molecule has 0 saturated carbocycles. The van der Waals surface area contributed by atoms with Gasteiger partial charge in [0.05, 0.1) is 4.47 Å². The van der Waals surface area contributed by atoms with E-state index in [1.165, 1.54) is 6.07 Å². The van der Waals surface area contributed by atoms with Crippen LogP contribution in [0.5, 0.6) is 0 Å². The summed E-state index contributed by atoms with van der Waals surface area (Å²) >= 11 is 3.14. The van der Waals surface area contributed by atoms with Crippen molar-refractivity contribution in [1.82, 2.24) is 5.32 Å². The van der Waals surface area contributed by atoms with E-state index in [0.717, 1.165) is 5.56 Å². The first kappa shape index (κ1) is 13.6. The van der Waals surface area contributed by atoms with Crippen molar-refractivity contribution < 1.29 is 13.9 Å². The van der Waals surface area contributed by atoms with Crippen molar-refractivity contribution >= 4 is 15.9 Å². The second-order valence-electron chi connectivity index (χ2n) is 3.28. The molecule has 16 heavy (non-hydrogen) atoms. The van der Waals surface area contributed by atoms with Crippen LogP contribution in [0.3, 0.4) is 0 Å². The fraction of sp³-hybridized carbons (Fsp3) is 0.455. The van der Waals surface area contributed by atoms with Crippen LogP contribution in [0, 0.1) is 5.82 Å². The lowest BCUT2D eigenvalue weighted by atomic mass is 10.2. The van der Waals surface area contributed by atoms with Gasteiger partial charge < -0.3 is 14.8 Å². The SMILES string of the molecule is COC(CNCc1ccc(F)c(Br)c1)OC. The Hall–Kier alpha value is -0.490. The average molecular weight is 292 g/mol. The van der Waals surface area contributed by atoms with E-state index in [1.54, 1.807) is 26.4 Å². The van der Waals surface area contributed by atoms with Crippen LogP contribution in [0.2, 0.25) is 0 Å². The van der Waals surface area contributed by atoms with Crippen molar-refractivity contribution in [2.24, 2.45) is 0 Å². The molecule has 0 fully saturated rings. The number of nitrogens with one attached hydrogen (secondary N) is 1. The van der Waals surface area contributed by atoms with Gasteiger partial charge in [-0.3, -0.25) is 0 Å². The van der Waals surface area contributed by atoms with E-state index in [9.17, 15) is 4.39 Å². The zero-order chi connectivity index (χ0) is 12.0. The van der Waals surface area contributed by atoms with E-state index in [-0.39, 0.29) is 12.1 Å². The van der Waals surface area contributed by atoms with Gasteiger partial charge in [-0.2, -0.15) is 0 Å². The van der Waals surface area contributed by atoms with Crippen molar-refractivity contribution in [3.8, 4) is 0 Å². The van der Waals surface area contributed by atoms with Gasteiger partial charge >= 0.3 is 0 Å². The second kappa shape index (κ2) is 6.96. The van der Waals surface area contributed by atoms with Crippen molar-refractivity contribution in [2.45, 2.75) is 12.8 Å². The number of benzene rings is 1. The Bertz CT molecular complexity index is 332. The summed E-state index contributed by atoms with van der Waals surface area (Å²) < 4.78 is 23.5. The Kier molecular flexibility index (Phi) is 5.90. The first-order valence-electron chi connectivity index (χ1n) is 4.87. The molecular formula is C11H15BrFNO2. The van der Waals surface area contributed by atoms with Crippen LogP contribution < -0.4 is 5.32 Å². The highest BCUT2D eigenvalue weighted by Gasteiger charge is 2.04. The van der Waals surface area contributed by atoms with Crippen molar-refractivity contribution in [1.29, 1.82) is 0 Å². The van der Waals surface area contributed by atoms with Gasteiger partial charge in [0, 0.05) is 27.3 Å². The predicted octanol–water partition coefficient (Wildman–Crippen LogP) is 2.30. The minimum absolute atomic E-state index is 0.254. The van der Waals surface area contributed by atoms with Crippen LogP contribution in [0.1, 0.15) is 5.56 Å². The minimum atomic E-state index is -0.260. The molecule has 0 saturated heterocycles. The van der Waals surface area contributed by atoms with E-state index in [1.807, 2.05) is 0 Å². The van der Waals surface area contributed by atoms with Crippen LogP contribution in [-0.2, 0) is 16.0 Å². The minimum Gasteiger partial charge on any atom is -0.355 e. The molecule has 3 nitrogen and oxygen atoms in total. The van der Waals surface area contributed by atoms with Crippen LogP contribution in [0.25, 0.3) is 0 Å². The molecule has 1 rings (SSSR count). The number of halogens is 2. The Labute approximate surface area is 103 Å². The monoisotopic (exact) mass is 291 g/mol. The molecule has 0 amide bonds. The van der Waals surface area contributed by atoms with Gasteiger partial charge in [0.25, 0.3) is 0 Å². The van der Waals surface area contributed by atoms with E-state index in [4.69, 9.17) is 9.47 Å². The molecule has 0 bridgehead atoms. The van der Waals surface area contributed by atoms with E-state index >= 15 is 0 Å². The third-order valence-corrected chi connectivity index (χ3v) is 2.76. The molecule has 0 aromatic heterocycles. The summed E-state index contributed by atoms with van der Waals surface area (Å²) in [5.41, 5.74) is 0.999. The van der Waals surface area contributed by atoms with Gasteiger partial charge in [0.2, 0.25) is 0 Å². The third-order valence-electron chi connectivity index (χ3n) is 2.15. The summed E-state index contributed by atoms with van der Waals surface area (Å²) in [6.07, 6.45) is -0.260. The summed E-state index contributed by atoms with van der Waals surface area (Å²) in [7, 11) is 3.18. The topological polar surface area (TPSA) is 30.5 Å². The normalized spacial score (nSPS) is 11.1. The maximum atomic E-state index is 13.0. The van der Waals surface area contributed by atoms with Gasteiger partial charge in [-0.25, -0.2) is 4.39 Å². The van der Waals surface area contributed by atoms with Gasteiger partial charge in [0.1, 0.15) is 5.82 Å². The molecule has 1 aromatic rings. The van der Waals surface area contributed by atoms with Gasteiger partial charge in [0.15, 0.2) is 6.29 Å². The quantitative estimate of drug-likeness (QED) is 0.816. The highest BCUT2D eigenvalue weighted by atomic mass is 79.9. The lowest BCUT2D eigenvalue weighted by molar-refractivity contribution is -0.0989. The molecule has 0 aliphatic carbocycles. The molecule has 5 heteroatoms. The van der Waals surface area contributed by atoms with Gasteiger partial charge in [-0.05, 0) is 33.6 Å². The van der Waals surface area contributed by atoms with Crippen molar-refractivity contribution in [3.05, 3.63) is 34.1 Å². The largest absolute Gasteiger partial charge is 0.355 e. The predicted molar refractivity (Wildman–Crippen MR) is 63.6 cm³/mol. The lowest BCUT2D eigenvalue weighted by Crippen LogP contribution is -2.29. The Morgan fingerprint density at radius 3 is 2.62 bits per heavy atom. The smallest absolute Gasteiger partial charge is 0.169 e. The molecule has 0 heterocycles. The van der Waals surface area contributed by atoms with Crippen LogP contribution in [0.4, 0.5) is 4.39 Å². The Morgan fingerprint density at radius 2 is 2.06 bits per heavy atom. The maximum Gasteiger partial charge on any atom is 0.169 e. The van der Waals surface area contributed by atoms with Crippen molar-refractivity contribution in [2.75, 3.05) is 20.8 Å². The highest BCUT2D eigenvalue weighted by molar-refractivity contribution is 9.10. The van der Waals surface area contributed by atoms with E-state index in [0.29, 0.717) is 17.6 Å². The first-order valence-corrected chi connectivity index (χ1v) is 5.67. The number of methoxy groups -OCH3 is 2. The summed E-state index contributed by atoms with van der Waals surface area (Å²) in [5, 5.41) is 3.16. The number of ether oxygens (including phenoxy) is 2. The lowest BCUT2D eigenvalue weighted by Gasteiger charge is -2.14. The Morgan fingerprint density at radius 1 is 1.38 bits per heavy atom. The van der Waals surface area contributed by atoms with Crippen LogP contribution in [0.15, 0.2) is 22.7 Å². The summed E-state index contributed by atoms with van der Waals surface area (Å²) in [5.74, 6) is -0.254. The number of rotatable bonds is 6. The first-order chi connectivity index (χ1) is 7.67. The van der Waals surface area contributed by atoms with Gasteiger partial charge in [-0.15, -0.1) is 0 Å². The molecule has 90 valence electrons. The van der Waals surface area contributed by atoms with Crippen LogP contribution >= 0.6 is 15.9 Å². The fourth-order valence-corrected chi connectivity index (χ4v) is 1.67. The molecule has 1 N–H and O–H groups in total. The standard InChI is InChI=1S/C11H15BrFNO2/c1-15-11(16-2)7-14-6-8-3-4-10(13)9(12)5-8/h3-5,11,14H,6-7H2,1-2H3. The Balaban J connectivity index is 2.40. The summed E-state index contributed by atoms with van der Waals surface area (Å²) in [6.45, 7) is 1.23. The zero-order valence-corrected chi connectivity index (χ0v) is 10.9. The van der Waals surface area contributed by atoms with Crippen molar-refractivity contribution in [3.63, 3.8) is 0 Å². The summed E-state index contributed by atoms with van der Waals surface area (Å²) in [6, 6.07) is 4.92. The molecule has 0 aliphatic heterocycles. The fourth-order valence-electron chi connectivity index (χ4n) is 1.25. The number of hydrogen-bond donors (Lipinski definition) is 1. The van der Waals surface area contributed by atoms with Crippen LogP contribution in [-0.4, -0.2) is 27.1 Å². The summed E-state index contributed by atoms with van der Waals surface area (Å²) in [4.78, 5) is 0. The second-order valence-corrected chi connectivity index (χ2v) is 4.13. The molecule has 0 atom stereocenters. The molecular weight excluding hydrogens is 277 g/mol. The molecule has 1 aromatic carbocycles. The average Bonchev–Trinajstić information content (AvgIpc) is 2.29.